The van der Waals surface area contributed by atoms with E-state index in [-0.39, 0.29) is 17.3 Å². The molecule has 2 aromatic carbocycles. The van der Waals surface area contributed by atoms with Gasteiger partial charge in [0, 0.05) is 26.0 Å². The van der Waals surface area contributed by atoms with Crippen LogP contribution in [0.15, 0.2) is 78.0 Å². The standard InChI is InChI=1S/C19H20N4O3S/c1-22(27(25,26)18-6-3-2-4-7-18)15-19(24)20-14-16-8-10-17(11-9-16)23-13-5-12-21-23/h2-13H,14-15H2,1H3,(H,20,24). The Morgan fingerprint density at radius 3 is 2.41 bits per heavy atom. The quantitative estimate of drug-likeness (QED) is 0.673. The number of carbonyl (C=O) groups is 1. The van der Waals surface area contributed by atoms with E-state index in [1.807, 2.05) is 36.5 Å². The van der Waals surface area contributed by atoms with E-state index in [9.17, 15) is 13.2 Å². The number of likely N-dealkylation sites (N-methyl/N-ethyl adjacent to an activating group) is 1. The fourth-order valence-electron chi connectivity index (χ4n) is 2.50. The second kappa shape index (κ2) is 8.15. The zero-order valence-corrected chi connectivity index (χ0v) is 15.6. The smallest absolute Gasteiger partial charge is 0.243 e. The molecule has 3 rings (SSSR count). The number of carbonyl (C=O) groups excluding carboxylic acids is 1. The van der Waals surface area contributed by atoms with Crippen molar-refractivity contribution in [3.63, 3.8) is 0 Å². The first kappa shape index (κ1) is 18.8. The maximum Gasteiger partial charge on any atom is 0.243 e. The molecule has 0 saturated carbocycles. The van der Waals surface area contributed by atoms with Crippen molar-refractivity contribution < 1.29 is 13.2 Å². The minimum absolute atomic E-state index is 0.162. The van der Waals surface area contributed by atoms with E-state index in [1.54, 1.807) is 29.1 Å². The summed E-state index contributed by atoms with van der Waals surface area (Å²) in [6.45, 7) is 0.0695. The maximum absolute atomic E-state index is 12.4. The van der Waals surface area contributed by atoms with Crippen molar-refractivity contribution in [2.45, 2.75) is 11.4 Å². The van der Waals surface area contributed by atoms with Gasteiger partial charge in [0.15, 0.2) is 0 Å². The van der Waals surface area contributed by atoms with Gasteiger partial charge in [-0.3, -0.25) is 4.79 Å². The van der Waals surface area contributed by atoms with Gasteiger partial charge in [0.1, 0.15) is 0 Å². The molecule has 1 heterocycles. The number of rotatable bonds is 7. The van der Waals surface area contributed by atoms with Crippen LogP contribution in [0.5, 0.6) is 0 Å². The van der Waals surface area contributed by atoms with Crippen LogP contribution in [-0.2, 0) is 21.4 Å². The van der Waals surface area contributed by atoms with Crippen LogP contribution in [0.1, 0.15) is 5.56 Å². The summed E-state index contributed by atoms with van der Waals surface area (Å²) in [5, 5.41) is 6.90. The molecule has 0 fully saturated rings. The summed E-state index contributed by atoms with van der Waals surface area (Å²) in [4.78, 5) is 12.3. The molecular formula is C19H20N4O3S. The molecule has 3 aromatic rings. The van der Waals surface area contributed by atoms with E-state index in [4.69, 9.17) is 0 Å². The Morgan fingerprint density at radius 2 is 1.78 bits per heavy atom. The van der Waals surface area contributed by atoms with Crippen LogP contribution in [0.4, 0.5) is 0 Å². The number of nitrogens with zero attached hydrogens (tertiary/aromatic N) is 3. The Balaban J connectivity index is 1.55. The van der Waals surface area contributed by atoms with Gasteiger partial charge in [-0.15, -0.1) is 0 Å². The summed E-state index contributed by atoms with van der Waals surface area (Å²) >= 11 is 0. The van der Waals surface area contributed by atoms with Gasteiger partial charge in [-0.1, -0.05) is 30.3 Å². The van der Waals surface area contributed by atoms with Crippen molar-refractivity contribution in [3.05, 3.63) is 78.6 Å². The molecule has 7 nitrogen and oxygen atoms in total. The highest BCUT2D eigenvalue weighted by Gasteiger charge is 2.22. The Labute approximate surface area is 158 Å². The predicted octanol–water partition coefficient (Wildman–Crippen LogP) is 1.81. The average Bonchev–Trinajstić information content (AvgIpc) is 3.22. The first-order chi connectivity index (χ1) is 13.0. The van der Waals surface area contributed by atoms with E-state index in [0.717, 1.165) is 15.6 Å². The van der Waals surface area contributed by atoms with Crippen LogP contribution >= 0.6 is 0 Å². The third-order valence-electron chi connectivity index (χ3n) is 4.01. The molecular weight excluding hydrogens is 364 g/mol. The Morgan fingerprint density at radius 1 is 1.07 bits per heavy atom. The summed E-state index contributed by atoms with van der Waals surface area (Å²) in [5.74, 6) is -0.367. The van der Waals surface area contributed by atoms with E-state index >= 15 is 0 Å². The van der Waals surface area contributed by atoms with Gasteiger partial charge >= 0.3 is 0 Å². The molecule has 1 amide bonds. The monoisotopic (exact) mass is 384 g/mol. The predicted molar refractivity (Wildman–Crippen MR) is 102 cm³/mol. The molecule has 140 valence electrons. The molecule has 27 heavy (non-hydrogen) atoms. The van der Waals surface area contributed by atoms with Crippen molar-refractivity contribution >= 4 is 15.9 Å². The Kier molecular flexibility index (Phi) is 5.68. The number of sulfonamides is 1. The number of nitrogens with one attached hydrogen (secondary N) is 1. The Hall–Kier alpha value is -2.97. The molecule has 0 aliphatic carbocycles. The zero-order chi connectivity index (χ0) is 19.3. The minimum Gasteiger partial charge on any atom is -0.351 e. The lowest BCUT2D eigenvalue weighted by molar-refractivity contribution is -0.121. The molecule has 0 saturated heterocycles. The summed E-state index contributed by atoms with van der Waals surface area (Å²) in [6, 6.07) is 17.5. The van der Waals surface area contributed by atoms with Crippen LogP contribution in [0.25, 0.3) is 5.69 Å². The molecule has 0 aliphatic heterocycles. The molecule has 0 unspecified atom stereocenters. The Bertz CT molecular complexity index is 985. The molecule has 8 heteroatoms. The maximum atomic E-state index is 12.4. The van der Waals surface area contributed by atoms with Gasteiger partial charge in [-0.2, -0.15) is 9.40 Å². The van der Waals surface area contributed by atoms with Gasteiger partial charge in [0.2, 0.25) is 15.9 Å². The van der Waals surface area contributed by atoms with E-state index in [1.165, 1.54) is 19.2 Å². The number of hydrogen-bond donors (Lipinski definition) is 1. The lowest BCUT2D eigenvalue weighted by atomic mass is 10.2. The third kappa shape index (κ3) is 4.60. The van der Waals surface area contributed by atoms with E-state index in [2.05, 4.69) is 10.4 Å². The highest BCUT2D eigenvalue weighted by Crippen LogP contribution is 2.13. The number of amides is 1. The van der Waals surface area contributed by atoms with E-state index in [0.29, 0.717) is 6.54 Å². The van der Waals surface area contributed by atoms with Crippen molar-refractivity contribution in [1.29, 1.82) is 0 Å². The van der Waals surface area contributed by atoms with Crippen LogP contribution in [0, 0.1) is 0 Å². The zero-order valence-electron chi connectivity index (χ0n) is 14.8. The average molecular weight is 384 g/mol. The highest BCUT2D eigenvalue weighted by molar-refractivity contribution is 7.89. The molecule has 0 aliphatic rings. The van der Waals surface area contributed by atoms with Crippen molar-refractivity contribution in [1.82, 2.24) is 19.4 Å². The highest BCUT2D eigenvalue weighted by atomic mass is 32.2. The minimum atomic E-state index is -3.68. The van der Waals surface area contributed by atoms with Crippen molar-refractivity contribution in [2.75, 3.05) is 13.6 Å². The molecule has 0 radical (unpaired) electrons. The fraction of sp³-hybridized carbons (Fsp3) is 0.158. The molecule has 1 N–H and O–H groups in total. The molecule has 0 spiro atoms. The first-order valence-electron chi connectivity index (χ1n) is 8.34. The van der Waals surface area contributed by atoms with Crippen LogP contribution in [-0.4, -0.2) is 42.0 Å². The van der Waals surface area contributed by atoms with Gasteiger partial charge in [0.25, 0.3) is 0 Å². The summed E-state index contributed by atoms with van der Waals surface area (Å²) in [6.07, 6.45) is 3.55. The van der Waals surface area contributed by atoms with Gasteiger partial charge < -0.3 is 5.32 Å². The molecule has 0 bridgehead atoms. The van der Waals surface area contributed by atoms with Gasteiger partial charge in [0.05, 0.1) is 17.1 Å². The normalized spacial score (nSPS) is 11.5. The van der Waals surface area contributed by atoms with Crippen molar-refractivity contribution in [2.24, 2.45) is 0 Å². The van der Waals surface area contributed by atoms with Crippen molar-refractivity contribution in [3.8, 4) is 5.69 Å². The van der Waals surface area contributed by atoms with Crippen LogP contribution < -0.4 is 5.32 Å². The SMILES string of the molecule is CN(CC(=O)NCc1ccc(-n2cccn2)cc1)S(=O)(=O)c1ccccc1. The van der Waals surface area contributed by atoms with Crippen LogP contribution in [0.2, 0.25) is 0 Å². The number of aromatic nitrogens is 2. The number of benzene rings is 2. The lowest BCUT2D eigenvalue weighted by Crippen LogP contribution is -2.38. The van der Waals surface area contributed by atoms with E-state index < -0.39 is 10.0 Å². The summed E-state index contributed by atoms with van der Waals surface area (Å²) in [7, 11) is -2.30. The van der Waals surface area contributed by atoms with Crippen LogP contribution in [0.3, 0.4) is 0 Å². The summed E-state index contributed by atoms with van der Waals surface area (Å²) in [5.41, 5.74) is 1.83. The largest absolute Gasteiger partial charge is 0.351 e. The molecule has 0 atom stereocenters. The van der Waals surface area contributed by atoms with Gasteiger partial charge in [-0.05, 0) is 35.9 Å². The second-order valence-corrected chi connectivity index (χ2v) is 8.01. The lowest BCUT2D eigenvalue weighted by Gasteiger charge is -2.17. The molecule has 1 aromatic heterocycles. The number of hydrogen-bond acceptors (Lipinski definition) is 4. The first-order valence-corrected chi connectivity index (χ1v) is 9.78. The topological polar surface area (TPSA) is 84.3 Å². The third-order valence-corrected chi connectivity index (χ3v) is 5.83. The summed E-state index contributed by atoms with van der Waals surface area (Å²) < 4.78 is 27.6. The second-order valence-electron chi connectivity index (χ2n) is 5.97. The van der Waals surface area contributed by atoms with Gasteiger partial charge in [-0.25, -0.2) is 13.1 Å². The fourth-order valence-corrected chi connectivity index (χ4v) is 3.65.